The van der Waals surface area contributed by atoms with Crippen molar-refractivity contribution in [1.29, 1.82) is 0 Å². The fraction of sp³-hybridized carbons (Fsp3) is 0.600. The normalized spacial score (nSPS) is 9.59. The third-order valence-electron chi connectivity index (χ3n) is 4.36. The Balaban J connectivity index is 0.000000487. The molecule has 1 aromatic heterocycles. The molecule has 0 saturated carbocycles. The summed E-state index contributed by atoms with van der Waals surface area (Å²) in [5.74, 6) is 1.24. The minimum absolute atomic E-state index is 0.473. The molecule has 0 aliphatic rings. The fourth-order valence-corrected chi connectivity index (χ4v) is 2.43. The molecule has 0 saturated heterocycles. The summed E-state index contributed by atoms with van der Waals surface area (Å²) < 4.78 is 22.8. The summed E-state index contributed by atoms with van der Waals surface area (Å²) in [7, 11) is 2.62. The molecule has 9 heteroatoms. The highest BCUT2D eigenvalue weighted by Crippen LogP contribution is 2.15. The maximum atomic E-state index is 10.4. The van der Waals surface area contributed by atoms with Crippen molar-refractivity contribution >= 4 is 12.3 Å². The van der Waals surface area contributed by atoms with E-state index in [1.165, 1.54) is 32.6 Å². The first kappa shape index (κ1) is 30.9. The molecule has 0 aliphatic carbocycles. The quantitative estimate of drug-likeness (QED) is 0.272. The first-order valence-electron chi connectivity index (χ1n) is 11.7. The highest BCUT2D eigenvalue weighted by molar-refractivity contribution is 5.59. The molecule has 0 bridgehead atoms. The standard InChI is InChI=1S/C10H10N2O.C8H16O3.C7H14O3/c1-7-3-5-9(6-4-7)10-11-8(2)13-12-10;1-3-4-5-6-7-11-8(9)10-2;1-3-4-5-6-10-7(8)9-2/h3-6H,1-2H3;3-7H2,1-2H3;3-6H2,1-2H3. The Morgan fingerprint density at radius 3 is 1.74 bits per heavy atom. The molecule has 2 aromatic rings. The van der Waals surface area contributed by atoms with Gasteiger partial charge >= 0.3 is 12.3 Å². The summed E-state index contributed by atoms with van der Waals surface area (Å²) in [6.45, 7) is 9.02. The smallest absolute Gasteiger partial charge is 0.438 e. The van der Waals surface area contributed by atoms with E-state index in [4.69, 9.17) is 4.52 Å². The van der Waals surface area contributed by atoms with Crippen molar-refractivity contribution in [2.75, 3.05) is 27.4 Å². The van der Waals surface area contributed by atoms with Crippen LogP contribution in [0.15, 0.2) is 28.8 Å². The molecule has 1 aromatic carbocycles. The summed E-state index contributed by atoms with van der Waals surface area (Å²) in [5, 5.41) is 3.83. The fourth-order valence-electron chi connectivity index (χ4n) is 2.43. The molecular weight excluding hydrogens is 440 g/mol. The van der Waals surface area contributed by atoms with Gasteiger partial charge in [0.15, 0.2) is 0 Å². The van der Waals surface area contributed by atoms with Gasteiger partial charge in [0.1, 0.15) is 0 Å². The Morgan fingerprint density at radius 2 is 1.29 bits per heavy atom. The number of unbranched alkanes of at least 4 members (excludes halogenated alkanes) is 5. The second-order valence-corrected chi connectivity index (χ2v) is 7.38. The van der Waals surface area contributed by atoms with E-state index in [1.807, 2.05) is 31.2 Å². The van der Waals surface area contributed by atoms with Gasteiger partial charge in [0, 0.05) is 12.5 Å². The number of ether oxygens (including phenoxy) is 4. The van der Waals surface area contributed by atoms with Crippen LogP contribution in [0.5, 0.6) is 0 Å². The molecule has 0 N–H and O–H groups in total. The second-order valence-electron chi connectivity index (χ2n) is 7.38. The van der Waals surface area contributed by atoms with Crippen LogP contribution < -0.4 is 0 Å². The highest BCUT2D eigenvalue weighted by atomic mass is 16.7. The van der Waals surface area contributed by atoms with Crippen LogP contribution in [0.1, 0.15) is 70.2 Å². The third-order valence-corrected chi connectivity index (χ3v) is 4.36. The molecule has 9 nitrogen and oxygen atoms in total. The van der Waals surface area contributed by atoms with Crippen LogP contribution in [0.3, 0.4) is 0 Å². The second kappa shape index (κ2) is 20.5. The summed E-state index contributed by atoms with van der Waals surface area (Å²) in [6, 6.07) is 8.03. The Hall–Kier alpha value is -3.10. The Labute approximate surface area is 203 Å². The highest BCUT2D eigenvalue weighted by Gasteiger charge is 2.04. The van der Waals surface area contributed by atoms with Crippen molar-refractivity contribution in [3.05, 3.63) is 35.7 Å². The molecule has 0 fully saturated rings. The van der Waals surface area contributed by atoms with Gasteiger partial charge in [0.05, 0.1) is 27.4 Å². The van der Waals surface area contributed by atoms with E-state index in [0.717, 1.165) is 37.7 Å². The van der Waals surface area contributed by atoms with Crippen LogP contribution in [-0.2, 0) is 18.9 Å². The van der Waals surface area contributed by atoms with Gasteiger partial charge in [-0.05, 0) is 19.8 Å². The van der Waals surface area contributed by atoms with Crippen molar-refractivity contribution in [2.24, 2.45) is 0 Å². The SMILES string of the molecule is CCCCCCOC(=O)OC.CCCCCOC(=O)OC.Cc1ccc(-c2noc(C)n2)cc1. The average Bonchev–Trinajstić information content (AvgIpc) is 3.28. The van der Waals surface area contributed by atoms with Crippen molar-refractivity contribution in [1.82, 2.24) is 10.1 Å². The van der Waals surface area contributed by atoms with E-state index < -0.39 is 12.3 Å². The van der Waals surface area contributed by atoms with Crippen molar-refractivity contribution in [3.8, 4) is 11.4 Å². The number of aromatic nitrogens is 2. The van der Waals surface area contributed by atoms with E-state index in [0.29, 0.717) is 24.9 Å². The van der Waals surface area contributed by atoms with Gasteiger partial charge in [-0.1, -0.05) is 80.9 Å². The van der Waals surface area contributed by atoms with E-state index in [-0.39, 0.29) is 0 Å². The molecule has 0 amide bonds. The summed E-state index contributed by atoms with van der Waals surface area (Å²) in [4.78, 5) is 24.9. The minimum atomic E-state index is -0.587. The first-order chi connectivity index (χ1) is 16.4. The van der Waals surface area contributed by atoms with Gasteiger partial charge in [-0.3, -0.25) is 0 Å². The van der Waals surface area contributed by atoms with Crippen molar-refractivity contribution in [2.45, 2.75) is 72.6 Å². The Morgan fingerprint density at radius 1 is 0.794 bits per heavy atom. The van der Waals surface area contributed by atoms with Gasteiger partial charge in [0.2, 0.25) is 11.7 Å². The lowest BCUT2D eigenvalue weighted by Gasteiger charge is -2.01. The Bertz CT molecular complexity index is 776. The number of nitrogens with zero attached hydrogens (tertiary/aromatic N) is 2. The largest absolute Gasteiger partial charge is 0.507 e. The predicted octanol–water partition coefficient (Wildman–Crippen LogP) is 6.66. The van der Waals surface area contributed by atoms with Gasteiger partial charge < -0.3 is 23.5 Å². The monoisotopic (exact) mass is 480 g/mol. The molecule has 0 radical (unpaired) electrons. The molecule has 0 spiro atoms. The lowest BCUT2D eigenvalue weighted by Crippen LogP contribution is -2.05. The molecule has 2 rings (SSSR count). The van der Waals surface area contributed by atoms with Crippen molar-refractivity contribution < 1.29 is 33.1 Å². The average molecular weight is 481 g/mol. The topological polar surface area (TPSA) is 110 Å². The van der Waals surface area contributed by atoms with Crippen LogP contribution in [-0.4, -0.2) is 49.9 Å². The zero-order chi connectivity index (χ0) is 25.6. The lowest BCUT2D eigenvalue weighted by molar-refractivity contribution is 0.0704. The van der Waals surface area contributed by atoms with E-state index >= 15 is 0 Å². The van der Waals surface area contributed by atoms with Crippen LogP contribution in [0, 0.1) is 13.8 Å². The van der Waals surface area contributed by atoms with Gasteiger partial charge in [-0.15, -0.1) is 0 Å². The predicted molar refractivity (Wildman–Crippen MR) is 130 cm³/mol. The van der Waals surface area contributed by atoms with Crippen LogP contribution in [0.2, 0.25) is 0 Å². The first-order valence-corrected chi connectivity index (χ1v) is 11.7. The molecule has 34 heavy (non-hydrogen) atoms. The van der Waals surface area contributed by atoms with Gasteiger partial charge in [0.25, 0.3) is 0 Å². The summed E-state index contributed by atoms with van der Waals surface area (Å²) in [5.41, 5.74) is 2.21. The minimum Gasteiger partial charge on any atom is -0.438 e. The number of aryl methyl sites for hydroxylation is 2. The Kier molecular flexibility index (Phi) is 18.6. The number of carbonyl (C=O) groups is 2. The molecule has 0 atom stereocenters. The number of methoxy groups -OCH3 is 2. The molecular formula is C25H40N2O7. The zero-order valence-corrected chi connectivity index (χ0v) is 21.4. The van der Waals surface area contributed by atoms with Gasteiger partial charge in [-0.25, -0.2) is 9.59 Å². The number of benzene rings is 1. The molecule has 0 unspecified atom stereocenters. The van der Waals surface area contributed by atoms with Crippen molar-refractivity contribution in [3.63, 3.8) is 0 Å². The van der Waals surface area contributed by atoms with E-state index in [1.54, 1.807) is 6.92 Å². The zero-order valence-electron chi connectivity index (χ0n) is 21.4. The molecule has 192 valence electrons. The van der Waals surface area contributed by atoms with E-state index in [9.17, 15) is 9.59 Å². The maximum absolute atomic E-state index is 10.4. The number of hydrogen-bond acceptors (Lipinski definition) is 9. The molecule has 1 heterocycles. The summed E-state index contributed by atoms with van der Waals surface area (Å²) >= 11 is 0. The summed E-state index contributed by atoms with van der Waals surface area (Å²) in [6.07, 6.45) is 6.42. The third kappa shape index (κ3) is 16.5. The van der Waals surface area contributed by atoms with Gasteiger partial charge in [-0.2, -0.15) is 4.98 Å². The van der Waals surface area contributed by atoms with E-state index in [2.05, 4.69) is 42.9 Å². The lowest BCUT2D eigenvalue weighted by atomic mass is 10.1. The molecule has 0 aliphatic heterocycles. The number of hydrogen-bond donors (Lipinski definition) is 0. The maximum Gasteiger partial charge on any atom is 0.507 e. The van der Waals surface area contributed by atoms with Crippen LogP contribution in [0.4, 0.5) is 9.59 Å². The number of rotatable bonds is 10. The van der Waals surface area contributed by atoms with Crippen LogP contribution in [0.25, 0.3) is 11.4 Å². The number of carbonyl (C=O) groups excluding carboxylic acids is 2. The van der Waals surface area contributed by atoms with Crippen LogP contribution >= 0.6 is 0 Å².